The van der Waals surface area contributed by atoms with E-state index in [-0.39, 0.29) is 23.9 Å². The van der Waals surface area contributed by atoms with Crippen LogP contribution in [0.1, 0.15) is 23.2 Å². The molecule has 0 unspecified atom stereocenters. The predicted octanol–water partition coefficient (Wildman–Crippen LogP) is 2.92. The first-order valence-electron chi connectivity index (χ1n) is 7.79. The van der Waals surface area contributed by atoms with Crippen LogP contribution in [-0.4, -0.2) is 43.6 Å². The molecule has 0 radical (unpaired) electrons. The van der Waals surface area contributed by atoms with Crippen LogP contribution in [0.5, 0.6) is 5.75 Å². The van der Waals surface area contributed by atoms with Gasteiger partial charge in [-0.05, 0) is 49.9 Å². The highest BCUT2D eigenvalue weighted by atomic mass is 35.5. The van der Waals surface area contributed by atoms with Crippen molar-refractivity contribution in [1.82, 2.24) is 10.2 Å². The first-order chi connectivity index (χ1) is 11.0. The van der Waals surface area contributed by atoms with E-state index >= 15 is 0 Å². The number of nitrogens with zero attached hydrogens (tertiary/aromatic N) is 1. The molecule has 3 rings (SSSR count). The molecule has 2 atom stereocenters. The second-order valence-electron chi connectivity index (χ2n) is 6.07. The molecule has 2 fully saturated rings. The van der Waals surface area contributed by atoms with Gasteiger partial charge in [0, 0.05) is 19.2 Å². The molecule has 1 amide bonds. The minimum absolute atomic E-state index is 0. The molecule has 0 saturated carbocycles. The zero-order valence-electron chi connectivity index (χ0n) is 13.0. The van der Waals surface area contributed by atoms with E-state index in [0.29, 0.717) is 24.9 Å². The minimum atomic E-state index is -3.10. The Bertz CT molecular complexity index is 574. The monoisotopic (exact) mass is 364 g/mol. The fourth-order valence-corrected chi connectivity index (χ4v) is 3.46. The van der Waals surface area contributed by atoms with Gasteiger partial charge >= 0.3 is 6.61 Å². The third-order valence-corrected chi connectivity index (χ3v) is 4.70. The molecule has 0 aliphatic carbocycles. The predicted molar refractivity (Wildman–Crippen MR) is 85.3 cm³/mol. The summed E-state index contributed by atoms with van der Waals surface area (Å²) >= 11 is 0. The highest BCUT2D eigenvalue weighted by molar-refractivity contribution is 5.97. The minimum Gasteiger partial charge on any atom is -0.434 e. The molecule has 2 saturated heterocycles. The van der Waals surface area contributed by atoms with Crippen LogP contribution < -0.4 is 10.1 Å². The van der Waals surface area contributed by atoms with Gasteiger partial charge in [-0.3, -0.25) is 4.79 Å². The van der Waals surface area contributed by atoms with E-state index in [0.717, 1.165) is 38.1 Å². The summed E-state index contributed by atoms with van der Waals surface area (Å²) in [5, 5.41) is 3.36. The van der Waals surface area contributed by atoms with Gasteiger partial charge in [-0.25, -0.2) is 4.39 Å². The summed E-state index contributed by atoms with van der Waals surface area (Å²) in [6.45, 7) is -0.0234. The summed E-state index contributed by atoms with van der Waals surface area (Å²) in [5.41, 5.74) is -0.0168. The van der Waals surface area contributed by atoms with Gasteiger partial charge in [-0.15, -0.1) is 12.4 Å². The van der Waals surface area contributed by atoms with Gasteiger partial charge in [0.05, 0.1) is 5.56 Å². The third kappa shape index (κ3) is 4.13. The molecular formula is C16H20ClF3N2O2. The lowest BCUT2D eigenvalue weighted by molar-refractivity contribution is -0.0504. The fourth-order valence-electron chi connectivity index (χ4n) is 3.46. The van der Waals surface area contributed by atoms with E-state index in [9.17, 15) is 18.0 Å². The number of carbonyl (C=O) groups excluding carboxylic acids is 1. The molecule has 1 N–H and O–H groups in total. The SMILES string of the molecule is Cl.O=C(c1ccc(F)cc1OC(F)F)N1CC[C@@H]2CNC[C@@H]2CC1. The molecule has 1 aromatic carbocycles. The average molecular weight is 365 g/mol. The molecule has 2 aliphatic heterocycles. The van der Waals surface area contributed by atoms with Crippen LogP contribution in [0.4, 0.5) is 13.2 Å². The normalized spacial score (nSPS) is 23.4. The maximum absolute atomic E-state index is 13.3. The van der Waals surface area contributed by atoms with E-state index < -0.39 is 18.2 Å². The summed E-state index contributed by atoms with van der Waals surface area (Å²) in [4.78, 5) is 14.3. The zero-order valence-corrected chi connectivity index (χ0v) is 13.8. The third-order valence-electron chi connectivity index (χ3n) is 4.70. The number of alkyl halides is 2. The molecule has 24 heavy (non-hydrogen) atoms. The fraction of sp³-hybridized carbons (Fsp3) is 0.562. The number of likely N-dealkylation sites (tertiary alicyclic amines) is 1. The molecule has 0 bridgehead atoms. The van der Waals surface area contributed by atoms with Gasteiger partial charge in [0.25, 0.3) is 5.91 Å². The number of hydrogen-bond donors (Lipinski definition) is 1. The van der Waals surface area contributed by atoms with Crippen molar-refractivity contribution in [2.45, 2.75) is 19.5 Å². The Kier molecular flexibility index (Phi) is 6.34. The van der Waals surface area contributed by atoms with Gasteiger partial charge in [-0.2, -0.15) is 8.78 Å². The number of nitrogens with one attached hydrogen (secondary N) is 1. The van der Waals surface area contributed by atoms with Crippen LogP contribution >= 0.6 is 12.4 Å². The van der Waals surface area contributed by atoms with E-state index in [1.807, 2.05) is 0 Å². The highest BCUT2D eigenvalue weighted by Crippen LogP contribution is 2.29. The van der Waals surface area contributed by atoms with Crippen LogP contribution in [0.25, 0.3) is 0 Å². The Morgan fingerprint density at radius 3 is 2.42 bits per heavy atom. The molecule has 0 spiro atoms. The van der Waals surface area contributed by atoms with Gasteiger partial charge in [0.1, 0.15) is 11.6 Å². The summed E-state index contributed by atoms with van der Waals surface area (Å²) in [7, 11) is 0. The second kappa shape index (κ2) is 8.07. The molecular weight excluding hydrogens is 345 g/mol. The first-order valence-corrected chi connectivity index (χ1v) is 7.79. The van der Waals surface area contributed by atoms with Crippen LogP contribution in [0.15, 0.2) is 18.2 Å². The Hall–Kier alpha value is -1.47. The van der Waals surface area contributed by atoms with Gasteiger partial charge in [0.15, 0.2) is 0 Å². The number of carbonyl (C=O) groups is 1. The molecule has 2 aliphatic rings. The number of rotatable bonds is 3. The number of amides is 1. The Labute approximate surface area is 144 Å². The number of fused-ring (bicyclic) bond motifs is 1. The van der Waals surface area contributed by atoms with E-state index in [1.54, 1.807) is 4.90 Å². The van der Waals surface area contributed by atoms with Crippen molar-refractivity contribution in [3.63, 3.8) is 0 Å². The van der Waals surface area contributed by atoms with Crippen molar-refractivity contribution < 1.29 is 22.7 Å². The van der Waals surface area contributed by atoms with Crippen molar-refractivity contribution in [3.8, 4) is 5.75 Å². The maximum Gasteiger partial charge on any atom is 0.387 e. The smallest absolute Gasteiger partial charge is 0.387 e. The molecule has 4 nitrogen and oxygen atoms in total. The van der Waals surface area contributed by atoms with Crippen molar-refractivity contribution in [1.29, 1.82) is 0 Å². The zero-order chi connectivity index (χ0) is 16.4. The lowest BCUT2D eigenvalue weighted by Gasteiger charge is -2.22. The number of hydrogen-bond acceptors (Lipinski definition) is 3. The van der Waals surface area contributed by atoms with Crippen LogP contribution in [0.2, 0.25) is 0 Å². The summed E-state index contributed by atoms with van der Waals surface area (Å²) in [6.07, 6.45) is 1.77. The number of benzene rings is 1. The topological polar surface area (TPSA) is 41.6 Å². The number of ether oxygens (including phenoxy) is 1. The molecule has 0 aromatic heterocycles. The second-order valence-corrected chi connectivity index (χ2v) is 6.07. The standard InChI is InChI=1S/C16H19F3N2O2.ClH/c17-12-1-2-13(14(7-12)23-16(18)19)15(22)21-5-3-10-8-20-9-11(10)4-6-21;/h1-2,7,10-11,16,20H,3-6,8-9H2;1H/t10-,11+;. The summed E-state index contributed by atoms with van der Waals surface area (Å²) < 4.78 is 42.5. The number of halogens is 4. The lowest BCUT2D eigenvalue weighted by Crippen LogP contribution is -2.33. The Morgan fingerprint density at radius 1 is 1.21 bits per heavy atom. The van der Waals surface area contributed by atoms with Crippen LogP contribution in [0.3, 0.4) is 0 Å². The van der Waals surface area contributed by atoms with Crippen molar-refractivity contribution >= 4 is 18.3 Å². The molecule has 134 valence electrons. The van der Waals surface area contributed by atoms with E-state index in [2.05, 4.69) is 10.1 Å². The maximum atomic E-state index is 13.3. The lowest BCUT2D eigenvalue weighted by atomic mass is 9.92. The highest BCUT2D eigenvalue weighted by Gasteiger charge is 2.32. The Morgan fingerprint density at radius 2 is 1.83 bits per heavy atom. The average Bonchev–Trinajstić information content (AvgIpc) is 2.85. The first kappa shape index (κ1) is 18.9. The van der Waals surface area contributed by atoms with Crippen molar-refractivity contribution in [2.75, 3.05) is 26.2 Å². The largest absolute Gasteiger partial charge is 0.434 e. The summed E-state index contributed by atoms with van der Waals surface area (Å²) in [6, 6.07) is 3.13. The summed E-state index contributed by atoms with van der Waals surface area (Å²) in [5.74, 6) is -0.394. The van der Waals surface area contributed by atoms with E-state index in [4.69, 9.17) is 0 Å². The van der Waals surface area contributed by atoms with Crippen molar-refractivity contribution in [3.05, 3.63) is 29.6 Å². The molecule has 2 heterocycles. The van der Waals surface area contributed by atoms with Gasteiger partial charge in [0.2, 0.25) is 0 Å². The van der Waals surface area contributed by atoms with Gasteiger partial charge < -0.3 is 15.0 Å². The van der Waals surface area contributed by atoms with Crippen LogP contribution in [-0.2, 0) is 0 Å². The quantitative estimate of drug-likeness (QED) is 0.896. The molecule has 1 aromatic rings. The van der Waals surface area contributed by atoms with Crippen molar-refractivity contribution in [2.24, 2.45) is 11.8 Å². The van der Waals surface area contributed by atoms with Crippen LogP contribution in [0, 0.1) is 17.7 Å². The van der Waals surface area contributed by atoms with Gasteiger partial charge in [-0.1, -0.05) is 0 Å². The Balaban J connectivity index is 0.00000208. The molecule has 8 heteroatoms. The van der Waals surface area contributed by atoms with E-state index in [1.165, 1.54) is 6.07 Å².